The minimum atomic E-state index is -1.07. The summed E-state index contributed by atoms with van der Waals surface area (Å²) in [6, 6.07) is 0. The molecule has 3 fully saturated rings. The average molecular weight is 450 g/mol. The van der Waals surface area contributed by atoms with Gasteiger partial charge in [-0.05, 0) is 20.8 Å². The zero-order chi connectivity index (χ0) is 22.9. The lowest BCUT2D eigenvalue weighted by Crippen LogP contribution is -2.56. The van der Waals surface area contributed by atoms with Crippen molar-refractivity contribution in [3.63, 3.8) is 0 Å². The topological polar surface area (TPSA) is 153 Å². The largest absolute Gasteiger partial charge is 0.457 e. The van der Waals surface area contributed by atoms with Crippen LogP contribution in [0, 0.1) is 0 Å². The molecule has 180 valence electrons. The van der Waals surface area contributed by atoms with E-state index in [0.29, 0.717) is 0 Å². The maximum absolute atomic E-state index is 11.5. The average Bonchev–Trinajstić information content (AvgIpc) is 2.65. The number of esters is 1. The highest BCUT2D eigenvalue weighted by Crippen LogP contribution is 2.31. The summed E-state index contributed by atoms with van der Waals surface area (Å²) in [7, 11) is 0. The molecule has 12 unspecified atom stereocenters. The van der Waals surface area contributed by atoms with Gasteiger partial charge in [-0.3, -0.25) is 4.79 Å². The van der Waals surface area contributed by atoms with Crippen LogP contribution >= 0.6 is 0 Å². The molecule has 3 aliphatic rings. The Balaban J connectivity index is 1.58. The first-order chi connectivity index (χ1) is 14.5. The molecular weight excluding hydrogens is 416 g/mol. The van der Waals surface area contributed by atoms with Gasteiger partial charge >= 0.3 is 5.97 Å². The fourth-order valence-corrected chi connectivity index (χ4v) is 4.30. The number of carbonyl (C=O) groups is 1. The summed E-state index contributed by atoms with van der Waals surface area (Å²) >= 11 is 0. The van der Waals surface area contributed by atoms with E-state index in [1.165, 1.54) is 6.92 Å². The van der Waals surface area contributed by atoms with Gasteiger partial charge in [0.1, 0.15) is 18.3 Å². The molecule has 0 spiro atoms. The van der Waals surface area contributed by atoms with Crippen LogP contribution < -0.4 is 0 Å². The summed E-state index contributed by atoms with van der Waals surface area (Å²) < 4.78 is 33.9. The predicted octanol–water partition coefficient (Wildman–Crippen LogP) is -0.832. The van der Waals surface area contributed by atoms with Crippen molar-refractivity contribution in [1.82, 2.24) is 0 Å². The van der Waals surface area contributed by atoms with E-state index in [0.717, 1.165) is 0 Å². The zero-order valence-corrected chi connectivity index (χ0v) is 18.2. The van der Waals surface area contributed by atoms with Crippen LogP contribution in [-0.2, 0) is 33.2 Å². The summed E-state index contributed by atoms with van der Waals surface area (Å²) in [5, 5.41) is 40.3. The monoisotopic (exact) mass is 450 g/mol. The molecule has 0 aromatic carbocycles. The Morgan fingerprint density at radius 3 is 1.97 bits per heavy atom. The maximum atomic E-state index is 11.5. The van der Waals surface area contributed by atoms with Crippen LogP contribution in [0.4, 0.5) is 0 Å². The molecular formula is C20H34O11. The Hall–Kier alpha value is -0.890. The highest BCUT2D eigenvalue weighted by molar-refractivity contribution is 5.66. The van der Waals surface area contributed by atoms with Gasteiger partial charge < -0.3 is 48.8 Å². The Morgan fingerprint density at radius 2 is 1.35 bits per heavy atom. The zero-order valence-electron chi connectivity index (χ0n) is 18.2. The quantitative estimate of drug-likeness (QED) is 0.388. The van der Waals surface area contributed by atoms with E-state index < -0.39 is 79.8 Å². The SMILES string of the molecule is CC(=O)OC1C(C)OC(O)CC1OC1CC(O)C(OC2CC(O)C(O)C(C)O2)C(C)O1. The smallest absolute Gasteiger partial charge is 0.303 e. The van der Waals surface area contributed by atoms with E-state index in [1.54, 1.807) is 20.8 Å². The first kappa shape index (κ1) is 24.7. The molecule has 0 saturated carbocycles. The molecule has 0 aromatic heterocycles. The number of hydrogen-bond acceptors (Lipinski definition) is 11. The van der Waals surface area contributed by atoms with E-state index in [1.807, 2.05) is 0 Å². The van der Waals surface area contributed by atoms with E-state index in [9.17, 15) is 25.2 Å². The fourth-order valence-electron chi connectivity index (χ4n) is 4.30. The summed E-state index contributed by atoms with van der Waals surface area (Å²) in [4.78, 5) is 11.5. The Labute approximate surface area is 181 Å². The molecule has 12 atom stereocenters. The van der Waals surface area contributed by atoms with Crippen molar-refractivity contribution in [3.8, 4) is 0 Å². The Bertz CT molecular complexity index is 580. The van der Waals surface area contributed by atoms with Crippen molar-refractivity contribution >= 4 is 5.97 Å². The Morgan fingerprint density at radius 1 is 0.774 bits per heavy atom. The molecule has 3 saturated heterocycles. The molecule has 0 aliphatic carbocycles. The summed E-state index contributed by atoms with van der Waals surface area (Å²) in [6.45, 7) is 6.30. The van der Waals surface area contributed by atoms with Crippen LogP contribution in [0.3, 0.4) is 0 Å². The molecule has 11 nitrogen and oxygen atoms in total. The van der Waals surface area contributed by atoms with Crippen molar-refractivity contribution < 1.29 is 53.6 Å². The standard InChI is InChI=1S/C20H34O11/c1-8-18(25)12(22)5-17(27-8)31-19-9(2)28-16(6-13(19)23)30-14-7-15(24)26-10(3)20(14)29-11(4)21/h8-10,12-20,22-25H,5-7H2,1-4H3. The van der Waals surface area contributed by atoms with Gasteiger partial charge in [-0.1, -0.05) is 0 Å². The third-order valence-electron chi connectivity index (χ3n) is 5.89. The van der Waals surface area contributed by atoms with Gasteiger partial charge in [0.15, 0.2) is 25.0 Å². The molecule has 0 bridgehead atoms. The number of aliphatic hydroxyl groups excluding tert-OH is 4. The van der Waals surface area contributed by atoms with Crippen LogP contribution in [0.15, 0.2) is 0 Å². The van der Waals surface area contributed by atoms with Gasteiger partial charge in [0.25, 0.3) is 0 Å². The fraction of sp³-hybridized carbons (Fsp3) is 0.950. The third kappa shape index (κ3) is 6.12. The summed E-state index contributed by atoms with van der Waals surface area (Å²) in [6.07, 6.45) is -9.28. The molecule has 3 aliphatic heterocycles. The number of rotatable bonds is 5. The predicted molar refractivity (Wildman–Crippen MR) is 102 cm³/mol. The third-order valence-corrected chi connectivity index (χ3v) is 5.89. The van der Waals surface area contributed by atoms with E-state index in [2.05, 4.69) is 0 Å². The lowest BCUT2D eigenvalue weighted by atomic mass is 9.99. The van der Waals surface area contributed by atoms with Crippen LogP contribution in [0.2, 0.25) is 0 Å². The number of hydrogen-bond donors (Lipinski definition) is 4. The molecule has 0 amide bonds. The molecule has 3 rings (SSSR count). The molecule has 31 heavy (non-hydrogen) atoms. The second-order valence-corrected chi connectivity index (χ2v) is 8.52. The highest BCUT2D eigenvalue weighted by Gasteiger charge is 2.45. The van der Waals surface area contributed by atoms with Crippen LogP contribution in [0.5, 0.6) is 0 Å². The van der Waals surface area contributed by atoms with Gasteiger partial charge in [-0.25, -0.2) is 0 Å². The number of aliphatic hydroxyl groups is 4. The summed E-state index contributed by atoms with van der Waals surface area (Å²) in [5.41, 5.74) is 0. The minimum absolute atomic E-state index is 0.0727. The van der Waals surface area contributed by atoms with Crippen molar-refractivity contribution in [1.29, 1.82) is 0 Å². The van der Waals surface area contributed by atoms with E-state index >= 15 is 0 Å². The first-order valence-electron chi connectivity index (χ1n) is 10.7. The van der Waals surface area contributed by atoms with E-state index in [4.69, 9.17) is 28.4 Å². The minimum Gasteiger partial charge on any atom is -0.457 e. The lowest BCUT2D eigenvalue weighted by molar-refractivity contribution is -0.329. The maximum Gasteiger partial charge on any atom is 0.303 e. The summed E-state index contributed by atoms with van der Waals surface area (Å²) in [5.74, 6) is -0.495. The number of ether oxygens (including phenoxy) is 6. The normalized spacial score (nSPS) is 48.9. The molecule has 3 heterocycles. The first-order valence-corrected chi connectivity index (χ1v) is 10.7. The molecule has 0 radical (unpaired) electrons. The second-order valence-electron chi connectivity index (χ2n) is 8.52. The number of carbonyl (C=O) groups excluding carboxylic acids is 1. The highest BCUT2D eigenvalue weighted by atomic mass is 16.7. The second kappa shape index (κ2) is 10.4. The molecule has 11 heteroatoms. The van der Waals surface area contributed by atoms with Crippen molar-refractivity contribution in [2.75, 3.05) is 0 Å². The van der Waals surface area contributed by atoms with Gasteiger partial charge in [0, 0.05) is 26.2 Å². The van der Waals surface area contributed by atoms with Gasteiger partial charge in [0.05, 0.1) is 30.5 Å². The van der Waals surface area contributed by atoms with Gasteiger partial charge in [-0.2, -0.15) is 0 Å². The van der Waals surface area contributed by atoms with Crippen molar-refractivity contribution in [3.05, 3.63) is 0 Å². The van der Waals surface area contributed by atoms with Crippen molar-refractivity contribution in [2.24, 2.45) is 0 Å². The lowest BCUT2D eigenvalue weighted by Gasteiger charge is -2.44. The van der Waals surface area contributed by atoms with Crippen LogP contribution in [0.25, 0.3) is 0 Å². The molecule has 4 N–H and O–H groups in total. The van der Waals surface area contributed by atoms with Gasteiger partial charge in [0.2, 0.25) is 0 Å². The van der Waals surface area contributed by atoms with Gasteiger partial charge in [-0.15, -0.1) is 0 Å². The van der Waals surface area contributed by atoms with Crippen molar-refractivity contribution in [2.45, 2.75) is 121 Å². The van der Waals surface area contributed by atoms with Crippen LogP contribution in [0.1, 0.15) is 47.0 Å². The molecule has 0 aromatic rings. The Kier molecular flexibility index (Phi) is 8.27. The van der Waals surface area contributed by atoms with Crippen LogP contribution in [-0.4, -0.2) is 100 Å². The van der Waals surface area contributed by atoms with E-state index in [-0.39, 0.29) is 19.3 Å².